The molecule has 0 radical (unpaired) electrons. The van der Waals surface area contributed by atoms with E-state index in [1.807, 2.05) is 52.0 Å². The summed E-state index contributed by atoms with van der Waals surface area (Å²) in [4.78, 5) is 13.0. The third-order valence-electron chi connectivity index (χ3n) is 5.05. The van der Waals surface area contributed by atoms with E-state index in [0.29, 0.717) is 11.4 Å². The molecular weight excluding hydrogens is 396 g/mol. The van der Waals surface area contributed by atoms with E-state index < -0.39 is 15.9 Å². The molecule has 0 spiro atoms. The first-order chi connectivity index (χ1) is 14.2. The number of carbonyl (C=O) groups is 1. The van der Waals surface area contributed by atoms with E-state index in [9.17, 15) is 13.2 Å². The highest BCUT2D eigenvalue weighted by Gasteiger charge is 2.27. The molecule has 156 valence electrons. The van der Waals surface area contributed by atoms with Crippen LogP contribution in [0.4, 0.5) is 11.4 Å². The number of aryl methyl sites for hydroxylation is 4. The van der Waals surface area contributed by atoms with E-state index in [1.165, 1.54) is 12.1 Å². The minimum atomic E-state index is -3.92. The zero-order valence-electron chi connectivity index (χ0n) is 17.6. The van der Waals surface area contributed by atoms with Crippen LogP contribution in [0, 0.1) is 27.7 Å². The van der Waals surface area contributed by atoms with Crippen LogP contribution in [0.15, 0.2) is 71.6 Å². The lowest BCUT2D eigenvalue weighted by Gasteiger charge is -2.25. The number of anilines is 2. The normalized spacial score (nSPS) is 11.2. The summed E-state index contributed by atoms with van der Waals surface area (Å²) in [5, 5.41) is 2.84. The zero-order chi connectivity index (χ0) is 21.9. The summed E-state index contributed by atoms with van der Waals surface area (Å²) >= 11 is 0. The molecule has 5 nitrogen and oxygen atoms in total. The van der Waals surface area contributed by atoms with Crippen LogP contribution in [0.1, 0.15) is 22.3 Å². The average molecular weight is 423 g/mol. The minimum absolute atomic E-state index is 0.141. The molecule has 0 unspecified atom stereocenters. The maximum atomic E-state index is 13.4. The van der Waals surface area contributed by atoms with Gasteiger partial charge in [-0.05, 0) is 74.7 Å². The lowest BCUT2D eigenvalue weighted by molar-refractivity contribution is -0.114. The second kappa shape index (κ2) is 8.71. The first-order valence-electron chi connectivity index (χ1n) is 9.70. The van der Waals surface area contributed by atoms with Crippen molar-refractivity contribution in [1.29, 1.82) is 0 Å². The molecule has 1 N–H and O–H groups in total. The van der Waals surface area contributed by atoms with Crippen molar-refractivity contribution in [2.24, 2.45) is 0 Å². The molecule has 3 rings (SSSR count). The SMILES string of the molecule is Cc1ccc(NC(=O)CN(c2ccc(C)c(C)c2)S(=O)(=O)c2ccccc2)c(C)c1. The fourth-order valence-corrected chi connectivity index (χ4v) is 4.62. The third-order valence-corrected chi connectivity index (χ3v) is 6.84. The Bertz CT molecular complexity index is 1170. The van der Waals surface area contributed by atoms with Crippen molar-refractivity contribution in [1.82, 2.24) is 0 Å². The molecule has 0 heterocycles. The number of benzene rings is 3. The van der Waals surface area contributed by atoms with E-state index in [4.69, 9.17) is 0 Å². The second-order valence-corrected chi connectivity index (χ2v) is 9.32. The Hall–Kier alpha value is -3.12. The molecule has 0 aliphatic rings. The van der Waals surface area contributed by atoms with Crippen molar-refractivity contribution in [2.45, 2.75) is 32.6 Å². The Morgan fingerprint density at radius 1 is 0.833 bits per heavy atom. The van der Waals surface area contributed by atoms with Crippen LogP contribution in [-0.4, -0.2) is 20.9 Å². The van der Waals surface area contributed by atoms with Crippen molar-refractivity contribution in [2.75, 3.05) is 16.2 Å². The second-order valence-electron chi connectivity index (χ2n) is 7.46. The van der Waals surface area contributed by atoms with Crippen molar-refractivity contribution in [3.8, 4) is 0 Å². The smallest absolute Gasteiger partial charge is 0.264 e. The summed E-state index contributed by atoms with van der Waals surface area (Å²) in [6, 6.07) is 19.2. The van der Waals surface area contributed by atoms with Gasteiger partial charge in [0.25, 0.3) is 10.0 Å². The molecule has 30 heavy (non-hydrogen) atoms. The first-order valence-corrected chi connectivity index (χ1v) is 11.1. The first kappa shape index (κ1) is 21.6. The summed E-state index contributed by atoms with van der Waals surface area (Å²) in [7, 11) is -3.92. The van der Waals surface area contributed by atoms with Gasteiger partial charge in [-0.1, -0.05) is 42.0 Å². The Labute approximate surface area is 178 Å². The van der Waals surface area contributed by atoms with Crippen molar-refractivity contribution in [3.63, 3.8) is 0 Å². The fourth-order valence-electron chi connectivity index (χ4n) is 3.19. The lowest BCUT2D eigenvalue weighted by atomic mass is 10.1. The van der Waals surface area contributed by atoms with Crippen molar-refractivity contribution in [3.05, 3.63) is 89.0 Å². The van der Waals surface area contributed by atoms with Crippen molar-refractivity contribution < 1.29 is 13.2 Å². The molecule has 1 amide bonds. The molecule has 0 saturated heterocycles. The Balaban J connectivity index is 1.97. The Morgan fingerprint density at radius 3 is 2.17 bits per heavy atom. The molecule has 6 heteroatoms. The predicted molar refractivity (Wildman–Crippen MR) is 121 cm³/mol. The van der Waals surface area contributed by atoms with Gasteiger partial charge >= 0.3 is 0 Å². The monoisotopic (exact) mass is 422 g/mol. The van der Waals surface area contributed by atoms with Gasteiger partial charge in [0.15, 0.2) is 0 Å². The van der Waals surface area contributed by atoms with Gasteiger partial charge in [0.05, 0.1) is 10.6 Å². The third kappa shape index (κ3) is 4.71. The van der Waals surface area contributed by atoms with Crippen LogP contribution in [0.2, 0.25) is 0 Å². The molecule has 3 aromatic rings. The summed E-state index contributed by atoms with van der Waals surface area (Å²) in [5.41, 5.74) is 5.15. The van der Waals surface area contributed by atoms with E-state index in [0.717, 1.165) is 26.6 Å². The molecule has 0 fully saturated rings. The maximum absolute atomic E-state index is 13.4. The van der Waals surface area contributed by atoms with Crippen LogP contribution >= 0.6 is 0 Å². The molecule has 0 aliphatic carbocycles. The summed E-state index contributed by atoms with van der Waals surface area (Å²) in [6.07, 6.45) is 0. The standard InChI is InChI=1S/C24H26N2O3S/c1-17-10-13-23(20(4)14-17)25-24(27)16-26(21-12-11-18(2)19(3)15-21)30(28,29)22-8-6-5-7-9-22/h5-15H,16H2,1-4H3,(H,25,27). The minimum Gasteiger partial charge on any atom is -0.324 e. The van der Waals surface area contributed by atoms with Gasteiger partial charge in [0, 0.05) is 5.69 Å². The largest absolute Gasteiger partial charge is 0.324 e. The van der Waals surface area contributed by atoms with Gasteiger partial charge in [-0.25, -0.2) is 8.42 Å². The Morgan fingerprint density at radius 2 is 1.53 bits per heavy atom. The van der Waals surface area contributed by atoms with Crippen LogP contribution in [0.5, 0.6) is 0 Å². The number of hydrogen-bond donors (Lipinski definition) is 1. The molecule has 0 aliphatic heterocycles. The molecule has 3 aromatic carbocycles. The lowest BCUT2D eigenvalue weighted by Crippen LogP contribution is -2.38. The van der Waals surface area contributed by atoms with E-state index in [1.54, 1.807) is 30.3 Å². The van der Waals surface area contributed by atoms with Gasteiger partial charge in [0.1, 0.15) is 6.54 Å². The number of hydrogen-bond acceptors (Lipinski definition) is 3. The number of sulfonamides is 1. The summed E-state index contributed by atoms with van der Waals surface area (Å²) in [5.74, 6) is -0.403. The molecule has 0 atom stereocenters. The van der Waals surface area contributed by atoms with Gasteiger partial charge in [-0.2, -0.15) is 0 Å². The van der Waals surface area contributed by atoms with Gasteiger partial charge in [-0.15, -0.1) is 0 Å². The highest BCUT2D eigenvalue weighted by Crippen LogP contribution is 2.26. The van der Waals surface area contributed by atoms with Crippen LogP contribution < -0.4 is 9.62 Å². The van der Waals surface area contributed by atoms with Crippen LogP contribution in [-0.2, 0) is 14.8 Å². The molecule has 0 bridgehead atoms. The summed E-state index contributed by atoms with van der Waals surface area (Å²) < 4.78 is 27.9. The maximum Gasteiger partial charge on any atom is 0.264 e. The fraction of sp³-hybridized carbons (Fsp3) is 0.208. The van der Waals surface area contributed by atoms with Crippen LogP contribution in [0.25, 0.3) is 0 Å². The van der Waals surface area contributed by atoms with Gasteiger partial charge < -0.3 is 5.32 Å². The molecule has 0 saturated carbocycles. The summed E-state index contributed by atoms with van der Waals surface area (Å²) in [6.45, 7) is 7.44. The molecule has 0 aromatic heterocycles. The number of carbonyl (C=O) groups excluding carboxylic acids is 1. The van der Waals surface area contributed by atoms with Gasteiger partial charge in [-0.3, -0.25) is 9.10 Å². The number of nitrogens with one attached hydrogen (secondary N) is 1. The zero-order valence-corrected chi connectivity index (χ0v) is 18.5. The number of amides is 1. The predicted octanol–water partition coefficient (Wildman–Crippen LogP) is 4.75. The molecular formula is C24H26N2O3S. The topological polar surface area (TPSA) is 66.5 Å². The van der Waals surface area contributed by atoms with E-state index >= 15 is 0 Å². The van der Waals surface area contributed by atoms with Crippen molar-refractivity contribution >= 4 is 27.3 Å². The van der Waals surface area contributed by atoms with E-state index in [2.05, 4.69) is 5.32 Å². The number of nitrogens with zero attached hydrogens (tertiary/aromatic N) is 1. The highest BCUT2D eigenvalue weighted by atomic mass is 32.2. The number of rotatable bonds is 6. The van der Waals surface area contributed by atoms with Crippen LogP contribution in [0.3, 0.4) is 0 Å². The quantitative estimate of drug-likeness (QED) is 0.623. The highest BCUT2D eigenvalue weighted by molar-refractivity contribution is 7.92. The van der Waals surface area contributed by atoms with E-state index in [-0.39, 0.29) is 11.4 Å². The Kier molecular flexibility index (Phi) is 6.27. The average Bonchev–Trinajstić information content (AvgIpc) is 2.71. The van der Waals surface area contributed by atoms with Gasteiger partial charge in [0.2, 0.25) is 5.91 Å².